The van der Waals surface area contributed by atoms with Crippen LogP contribution in [0, 0.1) is 0 Å². The molecule has 0 saturated carbocycles. The molecule has 19 heavy (non-hydrogen) atoms. The first kappa shape index (κ1) is 13.6. The minimum atomic E-state index is 0.174. The smallest absolute Gasteiger partial charge is 0.230 e. The molecule has 1 N–H and O–H groups in total. The predicted molar refractivity (Wildman–Crippen MR) is 77.4 cm³/mol. The number of carbonyl (C=O) groups excluding carboxylic acids is 1. The summed E-state index contributed by atoms with van der Waals surface area (Å²) >= 11 is 0. The van der Waals surface area contributed by atoms with Gasteiger partial charge in [-0.2, -0.15) is 0 Å². The summed E-state index contributed by atoms with van der Waals surface area (Å²) in [5, 5.41) is 3.39. The number of hydrogen-bond acceptors (Lipinski definition) is 2. The van der Waals surface area contributed by atoms with E-state index in [0.717, 1.165) is 26.1 Å². The molecule has 0 aromatic heterocycles. The summed E-state index contributed by atoms with van der Waals surface area (Å²) in [5.41, 5.74) is 1.29. The van der Waals surface area contributed by atoms with Crippen molar-refractivity contribution >= 4 is 5.91 Å². The number of carbonyl (C=O) groups is 1. The lowest BCUT2D eigenvalue weighted by Crippen LogP contribution is -2.28. The van der Waals surface area contributed by atoms with Gasteiger partial charge in [0.05, 0.1) is 0 Å². The molecule has 0 aliphatic carbocycles. The third-order valence-electron chi connectivity index (χ3n) is 3.05. The third-order valence-corrected chi connectivity index (χ3v) is 3.05. The van der Waals surface area contributed by atoms with E-state index >= 15 is 0 Å². The van der Waals surface area contributed by atoms with Crippen molar-refractivity contribution in [3.8, 4) is 0 Å². The van der Waals surface area contributed by atoms with E-state index in [9.17, 15) is 4.79 Å². The molecule has 100 valence electrons. The number of hydrogen-bond donors (Lipinski definition) is 1. The molecule has 1 aromatic carbocycles. The molecule has 1 aromatic rings. The third kappa shape index (κ3) is 4.72. The second kappa shape index (κ2) is 7.54. The van der Waals surface area contributed by atoms with Gasteiger partial charge in [-0.15, -0.1) is 0 Å². The van der Waals surface area contributed by atoms with Crippen LogP contribution in [-0.2, 0) is 11.3 Å². The predicted octanol–water partition coefficient (Wildman–Crippen LogP) is 2.47. The van der Waals surface area contributed by atoms with E-state index in [2.05, 4.69) is 17.4 Å². The van der Waals surface area contributed by atoms with Gasteiger partial charge >= 0.3 is 0 Å². The molecule has 2 rings (SSSR count). The SMILES string of the molecule is O=C1CC=CC=CN1CCCNCc1ccccc1. The first-order valence-corrected chi connectivity index (χ1v) is 6.74. The summed E-state index contributed by atoms with van der Waals surface area (Å²) in [6, 6.07) is 10.3. The number of benzene rings is 1. The quantitative estimate of drug-likeness (QED) is 0.793. The Hall–Kier alpha value is -1.87. The van der Waals surface area contributed by atoms with E-state index < -0.39 is 0 Å². The Kier molecular flexibility index (Phi) is 5.38. The van der Waals surface area contributed by atoms with Crippen LogP contribution in [0.15, 0.2) is 54.8 Å². The van der Waals surface area contributed by atoms with Crippen molar-refractivity contribution < 1.29 is 4.79 Å². The van der Waals surface area contributed by atoms with Crippen molar-refractivity contribution in [2.24, 2.45) is 0 Å². The zero-order valence-electron chi connectivity index (χ0n) is 11.1. The molecule has 0 saturated heterocycles. The van der Waals surface area contributed by atoms with Gasteiger partial charge in [0.15, 0.2) is 0 Å². The van der Waals surface area contributed by atoms with Crippen molar-refractivity contribution in [3.63, 3.8) is 0 Å². The van der Waals surface area contributed by atoms with Crippen LogP contribution >= 0.6 is 0 Å². The highest BCUT2D eigenvalue weighted by molar-refractivity contribution is 5.79. The van der Waals surface area contributed by atoms with Crippen molar-refractivity contribution in [1.29, 1.82) is 0 Å². The van der Waals surface area contributed by atoms with Gasteiger partial charge < -0.3 is 10.2 Å². The van der Waals surface area contributed by atoms with Crippen molar-refractivity contribution in [2.75, 3.05) is 13.1 Å². The molecular weight excluding hydrogens is 236 g/mol. The number of amides is 1. The van der Waals surface area contributed by atoms with Gasteiger partial charge in [0.1, 0.15) is 0 Å². The van der Waals surface area contributed by atoms with E-state index in [4.69, 9.17) is 0 Å². The number of rotatable bonds is 6. The van der Waals surface area contributed by atoms with Crippen LogP contribution in [0.5, 0.6) is 0 Å². The maximum absolute atomic E-state index is 11.7. The van der Waals surface area contributed by atoms with Crippen molar-refractivity contribution in [2.45, 2.75) is 19.4 Å². The lowest BCUT2D eigenvalue weighted by Gasteiger charge is -2.16. The summed E-state index contributed by atoms with van der Waals surface area (Å²) in [5.74, 6) is 0.174. The molecule has 0 radical (unpaired) electrons. The second-order valence-corrected chi connectivity index (χ2v) is 4.58. The molecule has 1 amide bonds. The monoisotopic (exact) mass is 256 g/mol. The fourth-order valence-corrected chi connectivity index (χ4v) is 2.00. The lowest BCUT2D eigenvalue weighted by atomic mass is 10.2. The van der Waals surface area contributed by atoms with Gasteiger partial charge in [0.2, 0.25) is 5.91 Å². The first-order valence-electron chi connectivity index (χ1n) is 6.74. The minimum Gasteiger partial charge on any atom is -0.319 e. The zero-order valence-corrected chi connectivity index (χ0v) is 11.1. The van der Waals surface area contributed by atoms with Gasteiger partial charge in [-0.3, -0.25) is 4.79 Å². The Morgan fingerprint density at radius 2 is 2.00 bits per heavy atom. The number of nitrogens with one attached hydrogen (secondary N) is 1. The maximum atomic E-state index is 11.7. The topological polar surface area (TPSA) is 32.3 Å². The Bertz CT molecular complexity index is 451. The summed E-state index contributed by atoms with van der Waals surface area (Å²) in [4.78, 5) is 13.5. The number of nitrogens with zero attached hydrogens (tertiary/aromatic N) is 1. The van der Waals surface area contributed by atoms with Crippen molar-refractivity contribution in [3.05, 3.63) is 60.3 Å². The fourth-order valence-electron chi connectivity index (χ4n) is 2.00. The van der Waals surface area contributed by atoms with E-state index in [1.165, 1.54) is 5.56 Å². The molecule has 3 nitrogen and oxygen atoms in total. The van der Waals surface area contributed by atoms with Gasteiger partial charge in [-0.1, -0.05) is 42.5 Å². The molecule has 0 spiro atoms. The van der Waals surface area contributed by atoms with E-state index in [-0.39, 0.29) is 5.91 Å². The highest BCUT2D eigenvalue weighted by Crippen LogP contribution is 2.03. The van der Waals surface area contributed by atoms with Gasteiger partial charge in [0, 0.05) is 25.7 Å². The molecule has 3 heteroatoms. The summed E-state index contributed by atoms with van der Waals surface area (Å²) in [6.07, 6.45) is 9.07. The summed E-state index contributed by atoms with van der Waals surface area (Å²) in [6.45, 7) is 2.57. The molecule has 1 heterocycles. The second-order valence-electron chi connectivity index (χ2n) is 4.58. The highest BCUT2D eigenvalue weighted by atomic mass is 16.2. The fraction of sp³-hybridized carbons (Fsp3) is 0.312. The van der Waals surface area contributed by atoms with Crippen LogP contribution in [0.3, 0.4) is 0 Å². The molecule has 0 bridgehead atoms. The van der Waals surface area contributed by atoms with Crippen molar-refractivity contribution in [1.82, 2.24) is 10.2 Å². The molecule has 0 atom stereocenters. The zero-order chi connectivity index (χ0) is 13.3. The summed E-state index contributed by atoms with van der Waals surface area (Å²) in [7, 11) is 0. The van der Waals surface area contributed by atoms with Crippen LogP contribution in [-0.4, -0.2) is 23.9 Å². The average Bonchev–Trinajstić information content (AvgIpc) is 2.65. The maximum Gasteiger partial charge on any atom is 0.230 e. The molecule has 0 fully saturated rings. The van der Waals surface area contributed by atoms with Crippen LogP contribution in [0.4, 0.5) is 0 Å². The van der Waals surface area contributed by atoms with E-state index in [0.29, 0.717) is 6.42 Å². The van der Waals surface area contributed by atoms with Crippen LogP contribution in [0.25, 0.3) is 0 Å². The Morgan fingerprint density at radius 3 is 2.84 bits per heavy atom. The van der Waals surface area contributed by atoms with E-state index in [1.807, 2.05) is 42.6 Å². The molecule has 1 aliphatic heterocycles. The Labute approximate surface area is 114 Å². The molecule has 1 aliphatic rings. The number of allylic oxidation sites excluding steroid dienone is 2. The molecule has 0 unspecified atom stereocenters. The normalized spacial score (nSPS) is 14.7. The van der Waals surface area contributed by atoms with Crippen LogP contribution in [0.2, 0.25) is 0 Å². The summed E-state index contributed by atoms with van der Waals surface area (Å²) < 4.78 is 0. The van der Waals surface area contributed by atoms with Crippen LogP contribution in [0.1, 0.15) is 18.4 Å². The van der Waals surface area contributed by atoms with Gasteiger partial charge in [-0.25, -0.2) is 0 Å². The van der Waals surface area contributed by atoms with Gasteiger partial charge in [0.25, 0.3) is 0 Å². The molecular formula is C16H20N2O. The minimum absolute atomic E-state index is 0.174. The van der Waals surface area contributed by atoms with E-state index in [1.54, 1.807) is 4.90 Å². The van der Waals surface area contributed by atoms with Gasteiger partial charge in [-0.05, 0) is 24.6 Å². The lowest BCUT2D eigenvalue weighted by molar-refractivity contribution is -0.127. The standard InChI is InChI=1S/C16H20N2O/c19-16-10-5-2-6-12-18(16)13-7-11-17-14-15-8-3-1-4-9-15/h1-6,8-9,12,17H,7,10-11,13-14H2. The average molecular weight is 256 g/mol. The Morgan fingerprint density at radius 1 is 1.16 bits per heavy atom. The Balaban J connectivity index is 1.63. The first-order chi connectivity index (χ1) is 9.36. The highest BCUT2D eigenvalue weighted by Gasteiger charge is 2.09. The van der Waals surface area contributed by atoms with Crippen LogP contribution < -0.4 is 5.32 Å². The largest absolute Gasteiger partial charge is 0.319 e.